The van der Waals surface area contributed by atoms with Gasteiger partial charge in [0, 0.05) is 9.61 Å². The van der Waals surface area contributed by atoms with Crippen molar-refractivity contribution in [3.05, 3.63) is 33.1 Å². The smallest absolute Gasteiger partial charge is 0.123 e. The highest BCUT2D eigenvalue weighted by Gasteiger charge is 2.17. The molecule has 1 saturated heterocycles. The normalized spacial score (nSPS) is 22.3. The molecule has 0 aliphatic carbocycles. The zero-order valence-electron chi connectivity index (χ0n) is 7.89. The Kier molecular flexibility index (Phi) is 3.38. The Labute approximate surface area is 97.2 Å². The van der Waals surface area contributed by atoms with Crippen LogP contribution in [0.5, 0.6) is 0 Å². The van der Waals surface area contributed by atoms with Gasteiger partial charge in [-0.1, -0.05) is 6.42 Å². The number of nitrogens with one attached hydrogen (secondary N) is 1. The molecular formula is C11H13FIN. The molecule has 3 heteroatoms. The molecule has 1 nitrogen and oxygen atoms in total. The third-order valence-electron chi connectivity index (χ3n) is 2.64. The average Bonchev–Trinajstić information content (AvgIpc) is 2.23. The first-order valence-electron chi connectivity index (χ1n) is 4.96. The maximum Gasteiger partial charge on any atom is 0.123 e. The van der Waals surface area contributed by atoms with E-state index in [1.165, 1.54) is 18.9 Å². The van der Waals surface area contributed by atoms with E-state index in [4.69, 9.17) is 0 Å². The summed E-state index contributed by atoms with van der Waals surface area (Å²) < 4.78 is 14.2. The number of benzene rings is 1. The van der Waals surface area contributed by atoms with Crippen LogP contribution in [0, 0.1) is 9.39 Å². The summed E-state index contributed by atoms with van der Waals surface area (Å²) in [5.41, 5.74) is 1.12. The van der Waals surface area contributed by atoms with Crippen LogP contribution < -0.4 is 5.32 Å². The Morgan fingerprint density at radius 2 is 2.21 bits per heavy atom. The maximum atomic E-state index is 13.1. The molecule has 1 fully saturated rings. The average molecular weight is 305 g/mol. The van der Waals surface area contributed by atoms with Gasteiger partial charge in [0.1, 0.15) is 5.82 Å². The van der Waals surface area contributed by atoms with Gasteiger partial charge in [0.2, 0.25) is 0 Å². The van der Waals surface area contributed by atoms with Crippen LogP contribution in [0.4, 0.5) is 4.39 Å². The molecule has 1 heterocycles. The first-order chi connectivity index (χ1) is 6.77. The highest BCUT2D eigenvalue weighted by Crippen LogP contribution is 2.27. The topological polar surface area (TPSA) is 12.0 Å². The molecule has 1 aromatic rings. The Balaban J connectivity index is 2.24. The Bertz CT molecular complexity index is 321. The van der Waals surface area contributed by atoms with Gasteiger partial charge in [0.15, 0.2) is 0 Å². The van der Waals surface area contributed by atoms with Crippen molar-refractivity contribution in [2.24, 2.45) is 0 Å². The van der Waals surface area contributed by atoms with Crippen molar-refractivity contribution in [1.29, 1.82) is 0 Å². The summed E-state index contributed by atoms with van der Waals surface area (Å²) in [7, 11) is 0. The van der Waals surface area contributed by atoms with Crippen LogP contribution in [0.2, 0.25) is 0 Å². The lowest BCUT2D eigenvalue weighted by atomic mass is 9.98. The Morgan fingerprint density at radius 3 is 2.93 bits per heavy atom. The molecule has 76 valence electrons. The van der Waals surface area contributed by atoms with Crippen molar-refractivity contribution >= 4 is 22.6 Å². The molecule has 2 rings (SSSR count). The third-order valence-corrected chi connectivity index (χ3v) is 3.63. The standard InChI is InChI=1S/C11H13FIN/c12-8-4-5-10(13)9(7-8)11-3-1-2-6-14-11/h4-5,7,11,14H,1-3,6H2/t11-/m1/s1. The van der Waals surface area contributed by atoms with Crippen LogP contribution in [0.3, 0.4) is 0 Å². The number of piperidine rings is 1. The minimum atomic E-state index is -0.132. The predicted molar refractivity (Wildman–Crippen MR) is 63.7 cm³/mol. The van der Waals surface area contributed by atoms with Gasteiger partial charge in [0.25, 0.3) is 0 Å². The van der Waals surface area contributed by atoms with E-state index in [0.717, 1.165) is 22.1 Å². The minimum absolute atomic E-state index is 0.132. The van der Waals surface area contributed by atoms with Crippen molar-refractivity contribution in [3.8, 4) is 0 Å². The molecule has 0 unspecified atom stereocenters. The molecule has 0 saturated carbocycles. The molecule has 0 aromatic heterocycles. The molecule has 1 aromatic carbocycles. The van der Waals surface area contributed by atoms with E-state index in [1.807, 2.05) is 6.07 Å². The number of hydrogen-bond donors (Lipinski definition) is 1. The van der Waals surface area contributed by atoms with Gasteiger partial charge < -0.3 is 5.32 Å². The Morgan fingerprint density at radius 1 is 1.36 bits per heavy atom. The molecule has 0 bridgehead atoms. The second kappa shape index (κ2) is 4.57. The quantitative estimate of drug-likeness (QED) is 0.786. The molecule has 0 radical (unpaired) electrons. The summed E-state index contributed by atoms with van der Waals surface area (Å²) in [6.45, 7) is 1.05. The number of rotatable bonds is 1. The third kappa shape index (κ3) is 2.25. The summed E-state index contributed by atoms with van der Waals surface area (Å²) in [5, 5.41) is 3.43. The van der Waals surface area contributed by atoms with E-state index in [1.54, 1.807) is 6.07 Å². The summed E-state index contributed by atoms with van der Waals surface area (Å²) in [6, 6.07) is 5.38. The zero-order chi connectivity index (χ0) is 9.97. The van der Waals surface area contributed by atoms with E-state index in [2.05, 4.69) is 27.9 Å². The van der Waals surface area contributed by atoms with Gasteiger partial charge >= 0.3 is 0 Å². The molecule has 0 amide bonds. The second-order valence-corrected chi connectivity index (χ2v) is 4.83. The molecule has 0 spiro atoms. The van der Waals surface area contributed by atoms with Gasteiger partial charge in [0.05, 0.1) is 0 Å². The van der Waals surface area contributed by atoms with Crippen LogP contribution >= 0.6 is 22.6 Å². The largest absolute Gasteiger partial charge is 0.310 e. The van der Waals surface area contributed by atoms with Crippen LogP contribution in [-0.4, -0.2) is 6.54 Å². The van der Waals surface area contributed by atoms with Gasteiger partial charge in [-0.25, -0.2) is 4.39 Å². The predicted octanol–water partition coefficient (Wildman–Crippen LogP) is 3.24. The fraction of sp³-hybridized carbons (Fsp3) is 0.455. The van der Waals surface area contributed by atoms with Gasteiger partial charge in [-0.2, -0.15) is 0 Å². The fourth-order valence-corrected chi connectivity index (χ4v) is 2.61. The first-order valence-corrected chi connectivity index (χ1v) is 6.03. The minimum Gasteiger partial charge on any atom is -0.310 e. The van der Waals surface area contributed by atoms with E-state index in [0.29, 0.717) is 6.04 Å². The van der Waals surface area contributed by atoms with E-state index in [9.17, 15) is 4.39 Å². The van der Waals surface area contributed by atoms with Crippen molar-refractivity contribution in [2.45, 2.75) is 25.3 Å². The summed E-state index contributed by atoms with van der Waals surface area (Å²) in [6.07, 6.45) is 3.60. The van der Waals surface area contributed by atoms with Crippen LogP contribution in [-0.2, 0) is 0 Å². The van der Waals surface area contributed by atoms with Gasteiger partial charge in [-0.15, -0.1) is 0 Å². The summed E-state index contributed by atoms with van der Waals surface area (Å²) in [5.74, 6) is -0.132. The highest BCUT2D eigenvalue weighted by atomic mass is 127. The fourth-order valence-electron chi connectivity index (χ4n) is 1.90. The highest BCUT2D eigenvalue weighted by molar-refractivity contribution is 14.1. The summed E-state index contributed by atoms with van der Waals surface area (Å²) >= 11 is 2.27. The van der Waals surface area contributed by atoms with Crippen molar-refractivity contribution in [3.63, 3.8) is 0 Å². The lowest BCUT2D eigenvalue weighted by Crippen LogP contribution is -2.27. The Hall–Kier alpha value is -0.160. The second-order valence-electron chi connectivity index (χ2n) is 3.67. The lowest BCUT2D eigenvalue weighted by Gasteiger charge is -2.24. The molecule has 1 aliphatic rings. The van der Waals surface area contributed by atoms with Crippen LogP contribution in [0.25, 0.3) is 0 Å². The molecule has 14 heavy (non-hydrogen) atoms. The van der Waals surface area contributed by atoms with Gasteiger partial charge in [-0.05, 0) is 65.7 Å². The number of hydrogen-bond acceptors (Lipinski definition) is 1. The van der Waals surface area contributed by atoms with Gasteiger partial charge in [-0.3, -0.25) is 0 Å². The molecule has 1 N–H and O–H groups in total. The van der Waals surface area contributed by atoms with Crippen LogP contribution in [0.1, 0.15) is 30.9 Å². The van der Waals surface area contributed by atoms with Crippen LogP contribution in [0.15, 0.2) is 18.2 Å². The maximum absolute atomic E-state index is 13.1. The number of halogens is 2. The molecule has 1 aliphatic heterocycles. The van der Waals surface area contributed by atoms with E-state index in [-0.39, 0.29) is 5.82 Å². The lowest BCUT2D eigenvalue weighted by molar-refractivity contribution is 0.409. The van der Waals surface area contributed by atoms with Crippen molar-refractivity contribution < 1.29 is 4.39 Å². The van der Waals surface area contributed by atoms with Crippen molar-refractivity contribution in [2.75, 3.05) is 6.54 Å². The molecular weight excluding hydrogens is 292 g/mol. The molecule has 1 atom stereocenters. The SMILES string of the molecule is Fc1ccc(I)c([C@H]2CCCCN2)c1. The van der Waals surface area contributed by atoms with E-state index >= 15 is 0 Å². The monoisotopic (exact) mass is 305 g/mol. The van der Waals surface area contributed by atoms with Crippen molar-refractivity contribution in [1.82, 2.24) is 5.32 Å². The summed E-state index contributed by atoms with van der Waals surface area (Å²) in [4.78, 5) is 0. The first kappa shape index (κ1) is 10.4. The van der Waals surface area contributed by atoms with E-state index < -0.39 is 0 Å². The zero-order valence-corrected chi connectivity index (χ0v) is 10.1.